The molecule has 0 bridgehead atoms. The third kappa shape index (κ3) is 2.35. The summed E-state index contributed by atoms with van der Waals surface area (Å²) in [5.74, 6) is 0.330. The molecule has 1 amide bonds. The molecule has 1 aromatic rings. The molecule has 0 radical (unpaired) electrons. The first-order valence-electron chi connectivity index (χ1n) is 8.15. The molecule has 1 unspecified atom stereocenters. The summed E-state index contributed by atoms with van der Waals surface area (Å²) >= 11 is 0. The van der Waals surface area contributed by atoms with E-state index < -0.39 is 0 Å². The van der Waals surface area contributed by atoms with Crippen LogP contribution in [0.2, 0.25) is 0 Å². The quantitative estimate of drug-likeness (QED) is 0.758. The lowest BCUT2D eigenvalue weighted by atomic mass is 10.1. The van der Waals surface area contributed by atoms with Crippen molar-refractivity contribution in [3.05, 3.63) is 35.9 Å². The second-order valence-corrected chi connectivity index (χ2v) is 6.77. The van der Waals surface area contributed by atoms with Gasteiger partial charge in [0.1, 0.15) is 6.04 Å². The molecule has 0 saturated carbocycles. The fraction of sp³-hybridized carbons (Fsp3) is 0.556. The van der Waals surface area contributed by atoms with Gasteiger partial charge in [0.15, 0.2) is 5.78 Å². The van der Waals surface area contributed by atoms with E-state index in [-0.39, 0.29) is 29.4 Å². The molecule has 2 heterocycles. The fourth-order valence-corrected chi connectivity index (χ4v) is 3.60. The van der Waals surface area contributed by atoms with Gasteiger partial charge in [-0.05, 0) is 25.8 Å². The second kappa shape index (κ2) is 5.51. The van der Waals surface area contributed by atoms with Crippen molar-refractivity contribution in [2.45, 2.75) is 64.3 Å². The Morgan fingerprint density at radius 3 is 2.45 bits per heavy atom. The predicted octanol–water partition coefficient (Wildman–Crippen LogP) is 2.58. The fourth-order valence-electron chi connectivity index (χ4n) is 3.60. The van der Waals surface area contributed by atoms with Crippen LogP contribution in [0, 0.1) is 0 Å². The summed E-state index contributed by atoms with van der Waals surface area (Å²) in [5, 5.41) is 0. The lowest BCUT2D eigenvalue weighted by Crippen LogP contribution is -2.49. The number of unbranched alkanes of at least 4 members (excludes halogenated alkanes) is 1. The van der Waals surface area contributed by atoms with Gasteiger partial charge in [-0.15, -0.1) is 0 Å². The number of fused-ring (bicyclic) bond motifs is 1. The summed E-state index contributed by atoms with van der Waals surface area (Å²) in [6.07, 6.45) is 2.52. The maximum Gasteiger partial charge on any atom is 0.243 e. The molecule has 2 fully saturated rings. The molecule has 3 atom stereocenters. The third-order valence-corrected chi connectivity index (χ3v) is 4.91. The van der Waals surface area contributed by atoms with Crippen molar-refractivity contribution in [2.24, 2.45) is 0 Å². The van der Waals surface area contributed by atoms with Crippen LogP contribution in [0.15, 0.2) is 30.3 Å². The number of carbonyl (C=O) groups is 2. The number of rotatable bonds is 6. The van der Waals surface area contributed by atoms with Gasteiger partial charge in [-0.3, -0.25) is 14.5 Å². The minimum atomic E-state index is -0.385. The Kier molecular flexibility index (Phi) is 3.81. The van der Waals surface area contributed by atoms with Gasteiger partial charge >= 0.3 is 0 Å². The van der Waals surface area contributed by atoms with E-state index in [1.807, 2.05) is 49.1 Å². The van der Waals surface area contributed by atoms with Crippen LogP contribution in [0.25, 0.3) is 0 Å². The van der Waals surface area contributed by atoms with Crippen molar-refractivity contribution in [2.75, 3.05) is 0 Å². The predicted molar refractivity (Wildman–Crippen MR) is 85.0 cm³/mol. The minimum Gasteiger partial charge on any atom is -0.319 e. The number of ketones is 1. The molecule has 4 nitrogen and oxygen atoms in total. The molecule has 2 saturated heterocycles. The van der Waals surface area contributed by atoms with Gasteiger partial charge in [-0.2, -0.15) is 0 Å². The van der Waals surface area contributed by atoms with Gasteiger partial charge in [0.05, 0.1) is 11.7 Å². The molecule has 2 aliphatic rings. The van der Waals surface area contributed by atoms with Gasteiger partial charge < -0.3 is 4.90 Å². The number of nitrogens with zero attached hydrogens (tertiary/aromatic N) is 2. The minimum absolute atomic E-state index is 0.101. The first kappa shape index (κ1) is 15.2. The number of hydrogen-bond acceptors (Lipinski definition) is 3. The molecule has 0 aromatic heterocycles. The van der Waals surface area contributed by atoms with E-state index in [4.69, 9.17) is 0 Å². The van der Waals surface area contributed by atoms with E-state index in [1.165, 1.54) is 0 Å². The molecule has 2 aliphatic heterocycles. The number of Topliss-reactive ketones (excluding diaryl/α,β-unsaturated/α-hetero) is 1. The molecule has 22 heavy (non-hydrogen) atoms. The Morgan fingerprint density at radius 2 is 1.91 bits per heavy atom. The largest absolute Gasteiger partial charge is 0.319 e. The number of benzene rings is 1. The second-order valence-electron chi connectivity index (χ2n) is 6.77. The highest BCUT2D eigenvalue weighted by Crippen LogP contribution is 2.48. The zero-order valence-corrected chi connectivity index (χ0v) is 13.6. The Balaban J connectivity index is 1.71. The number of hydrogen-bond donors (Lipinski definition) is 0. The van der Waals surface area contributed by atoms with Crippen LogP contribution in [-0.4, -0.2) is 39.2 Å². The van der Waals surface area contributed by atoms with Crippen LogP contribution in [0.4, 0.5) is 0 Å². The third-order valence-electron chi connectivity index (χ3n) is 4.91. The van der Waals surface area contributed by atoms with E-state index in [1.54, 1.807) is 0 Å². The molecule has 0 spiro atoms. The van der Waals surface area contributed by atoms with Gasteiger partial charge in [0, 0.05) is 13.0 Å². The molecule has 0 aliphatic carbocycles. The zero-order valence-electron chi connectivity index (χ0n) is 13.6. The Bertz CT molecular complexity index is 582. The average molecular weight is 300 g/mol. The van der Waals surface area contributed by atoms with Gasteiger partial charge in [0.2, 0.25) is 5.91 Å². The standard InChI is InChI=1S/C18H24N2O2/c1-4-5-11-14(21)15-16-17(22)19(18(2,3)20(15)16)12-13-9-7-6-8-10-13/h6-10,15-16H,4-5,11-12H2,1-3H3/t15-,16-,20?/m0/s1. The highest BCUT2D eigenvalue weighted by Gasteiger charge is 2.70. The van der Waals surface area contributed by atoms with E-state index >= 15 is 0 Å². The van der Waals surface area contributed by atoms with E-state index in [9.17, 15) is 9.59 Å². The summed E-state index contributed by atoms with van der Waals surface area (Å²) in [5.41, 5.74) is 0.740. The summed E-state index contributed by atoms with van der Waals surface area (Å²) < 4.78 is 0. The van der Waals surface area contributed by atoms with Crippen molar-refractivity contribution in [1.29, 1.82) is 0 Å². The summed E-state index contributed by atoms with van der Waals surface area (Å²) in [4.78, 5) is 28.9. The lowest BCUT2D eigenvalue weighted by Gasteiger charge is -2.36. The lowest BCUT2D eigenvalue weighted by molar-refractivity contribution is -0.136. The van der Waals surface area contributed by atoms with Crippen molar-refractivity contribution in [3.8, 4) is 0 Å². The highest BCUT2D eigenvalue weighted by molar-refractivity contribution is 6.01. The van der Waals surface area contributed by atoms with Crippen molar-refractivity contribution < 1.29 is 9.59 Å². The highest BCUT2D eigenvalue weighted by atomic mass is 16.2. The maximum atomic E-state index is 12.7. The first-order chi connectivity index (χ1) is 10.5. The SMILES string of the molecule is CCCCC(=O)[C@H]1[C@H]2C(=O)N(Cc3ccccc3)C(C)(C)N21. The van der Waals surface area contributed by atoms with Crippen LogP contribution in [0.1, 0.15) is 45.6 Å². The van der Waals surface area contributed by atoms with Gasteiger partial charge in [-0.1, -0.05) is 43.7 Å². The Hall–Kier alpha value is -1.68. The summed E-state index contributed by atoms with van der Waals surface area (Å²) in [7, 11) is 0. The summed E-state index contributed by atoms with van der Waals surface area (Å²) in [6, 6.07) is 9.62. The van der Waals surface area contributed by atoms with Crippen molar-refractivity contribution in [3.63, 3.8) is 0 Å². The maximum absolute atomic E-state index is 12.7. The summed E-state index contributed by atoms with van der Waals surface area (Å²) in [6.45, 7) is 6.77. The molecular formula is C18H24N2O2. The molecule has 3 rings (SSSR count). The van der Waals surface area contributed by atoms with E-state index in [0.717, 1.165) is 18.4 Å². The zero-order chi connectivity index (χ0) is 15.9. The number of amides is 1. The Labute approximate surface area is 132 Å². The Morgan fingerprint density at radius 1 is 1.23 bits per heavy atom. The topological polar surface area (TPSA) is 40.4 Å². The van der Waals surface area contributed by atoms with Crippen LogP contribution in [-0.2, 0) is 16.1 Å². The molecule has 0 N–H and O–H groups in total. The number of carbonyl (C=O) groups excluding carboxylic acids is 2. The van der Waals surface area contributed by atoms with Crippen LogP contribution in [0.5, 0.6) is 0 Å². The van der Waals surface area contributed by atoms with Crippen LogP contribution in [0.3, 0.4) is 0 Å². The molecule has 1 aromatic carbocycles. The smallest absolute Gasteiger partial charge is 0.243 e. The average Bonchev–Trinajstić information content (AvgIpc) is 3.23. The van der Waals surface area contributed by atoms with Crippen molar-refractivity contribution in [1.82, 2.24) is 9.80 Å². The van der Waals surface area contributed by atoms with E-state index in [2.05, 4.69) is 11.8 Å². The normalized spacial score (nSPS) is 28.6. The van der Waals surface area contributed by atoms with Gasteiger partial charge in [-0.25, -0.2) is 0 Å². The first-order valence-corrected chi connectivity index (χ1v) is 8.15. The van der Waals surface area contributed by atoms with Crippen LogP contribution >= 0.6 is 0 Å². The molecular weight excluding hydrogens is 276 g/mol. The molecule has 4 heteroatoms. The van der Waals surface area contributed by atoms with Crippen molar-refractivity contribution >= 4 is 11.7 Å². The van der Waals surface area contributed by atoms with Gasteiger partial charge in [0.25, 0.3) is 0 Å². The van der Waals surface area contributed by atoms with E-state index in [0.29, 0.717) is 13.0 Å². The monoisotopic (exact) mass is 300 g/mol. The molecule has 118 valence electrons. The van der Waals surface area contributed by atoms with Crippen LogP contribution < -0.4 is 0 Å².